The number of anilines is 1. The Bertz CT molecular complexity index is 699. The minimum Gasteiger partial charge on any atom is -0.380 e. The van der Waals surface area contributed by atoms with Crippen molar-refractivity contribution >= 4 is 11.7 Å². The number of amides is 1. The molecule has 8 heteroatoms. The van der Waals surface area contributed by atoms with E-state index in [1.165, 1.54) is 0 Å². The largest absolute Gasteiger partial charge is 0.380 e. The van der Waals surface area contributed by atoms with E-state index < -0.39 is 0 Å². The third-order valence-corrected chi connectivity index (χ3v) is 4.15. The number of rotatable bonds is 5. The lowest BCUT2D eigenvalue weighted by atomic mass is 10.2. The Morgan fingerprint density at radius 3 is 2.92 bits per heavy atom. The first-order valence-electron chi connectivity index (χ1n) is 8.05. The van der Waals surface area contributed by atoms with Crippen molar-refractivity contribution in [1.82, 2.24) is 25.5 Å². The molecule has 0 bridgehead atoms. The van der Waals surface area contributed by atoms with Crippen LogP contribution < -0.4 is 10.2 Å². The maximum Gasteiger partial charge on any atom is 0.252 e. The van der Waals surface area contributed by atoms with Crippen LogP contribution in [0.25, 0.3) is 0 Å². The molecule has 0 aliphatic carbocycles. The normalized spacial score (nSPS) is 20.4. The second kappa shape index (κ2) is 6.96. The van der Waals surface area contributed by atoms with Gasteiger partial charge >= 0.3 is 0 Å². The summed E-state index contributed by atoms with van der Waals surface area (Å²) in [6, 6.07) is 3.64. The summed E-state index contributed by atoms with van der Waals surface area (Å²) in [5.74, 6) is 2.19. The monoisotopic (exact) mass is 330 g/mol. The van der Waals surface area contributed by atoms with Gasteiger partial charge in [-0.15, -0.1) is 0 Å². The molecule has 1 aliphatic heterocycles. The smallest absolute Gasteiger partial charge is 0.252 e. The fourth-order valence-electron chi connectivity index (χ4n) is 2.93. The first-order chi connectivity index (χ1) is 11.6. The Kier molecular flexibility index (Phi) is 4.75. The summed E-state index contributed by atoms with van der Waals surface area (Å²) in [6.45, 7) is 5.07. The Labute approximate surface area is 140 Å². The number of aryl methyl sites for hydroxylation is 1. The number of aromatic amines is 1. The molecule has 1 fully saturated rings. The van der Waals surface area contributed by atoms with Crippen molar-refractivity contribution in [2.24, 2.45) is 0 Å². The molecule has 0 saturated carbocycles. The summed E-state index contributed by atoms with van der Waals surface area (Å²) in [5, 5.41) is 9.94. The van der Waals surface area contributed by atoms with E-state index in [2.05, 4.69) is 30.4 Å². The standard InChI is InChI=1S/C16H22N6O2/c1-4-17-16(23)11-5-6-14(18-8-11)22-9-12(24-3)7-13(22)15-19-10(2)20-21-15/h5-6,8,12-13H,4,7,9H2,1-3H3,(H,17,23)(H,19,20,21)/t12-,13+/m1/s1. The van der Waals surface area contributed by atoms with Gasteiger partial charge in [0.15, 0.2) is 5.82 Å². The minimum absolute atomic E-state index is 0.00252. The number of H-pyrrole nitrogens is 1. The highest BCUT2D eigenvalue weighted by atomic mass is 16.5. The summed E-state index contributed by atoms with van der Waals surface area (Å²) in [5.41, 5.74) is 0.549. The molecule has 2 aromatic heterocycles. The van der Waals surface area contributed by atoms with E-state index in [9.17, 15) is 4.79 Å². The predicted molar refractivity (Wildman–Crippen MR) is 88.9 cm³/mol. The minimum atomic E-state index is -0.117. The van der Waals surface area contributed by atoms with Crippen LogP contribution in [0.2, 0.25) is 0 Å². The summed E-state index contributed by atoms with van der Waals surface area (Å²) in [4.78, 5) is 22.9. The number of nitrogens with one attached hydrogen (secondary N) is 2. The first kappa shape index (κ1) is 16.4. The summed E-state index contributed by atoms with van der Waals surface area (Å²) in [6.07, 6.45) is 2.49. The second-order valence-electron chi connectivity index (χ2n) is 5.81. The van der Waals surface area contributed by atoms with Gasteiger partial charge in [0.05, 0.1) is 17.7 Å². The van der Waals surface area contributed by atoms with Gasteiger partial charge in [0.2, 0.25) is 0 Å². The Morgan fingerprint density at radius 2 is 2.33 bits per heavy atom. The zero-order valence-electron chi connectivity index (χ0n) is 14.1. The molecule has 2 atom stereocenters. The third kappa shape index (κ3) is 3.23. The molecule has 1 saturated heterocycles. The number of pyridine rings is 1. The predicted octanol–water partition coefficient (Wildman–Crippen LogP) is 1.22. The van der Waals surface area contributed by atoms with Gasteiger partial charge in [-0.05, 0) is 26.0 Å². The Balaban J connectivity index is 1.84. The highest BCUT2D eigenvalue weighted by Crippen LogP contribution is 2.34. The van der Waals surface area contributed by atoms with Crippen molar-refractivity contribution in [2.45, 2.75) is 32.4 Å². The van der Waals surface area contributed by atoms with E-state index in [1.54, 1.807) is 19.4 Å². The van der Waals surface area contributed by atoms with Crippen LogP contribution >= 0.6 is 0 Å². The van der Waals surface area contributed by atoms with E-state index in [4.69, 9.17) is 4.74 Å². The molecule has 0 radical (unpaired) electrons. The molecule has 1 aliphatic rings. The topological polar surface area (TPSA) is 96.0 Å². The molecule has 0 aromatic carbocycles. The van der Waals surface area contributed by atoms with Crippen LogP contribution in [0.15, 0.2) is 18.3 Å². The number of carbonyl (C=O) groups excluding carboxylic acids is 1. The molecule has 3 heterocycles. The molecule has 0 unspecified atom stereocenters. The molecule has 1 amide bonds. The SMILES string of the molecule is CCNC(=O)c1ccc(N2C[C@H](OC)C[C@H]2c2n[nH]c(C)n2)nc1. The maximum atomic E-state index is 11.9. The van der Waals surface area contributed by atoms with Crippen LogP contribution in [0.5, 0.6) is 0 Å². The highest BCUT2D eigenvalue weighted by molar-refractivity contribution is 5.94. The van der Waals surface area contributed by atoms with Gasteiger partial charge in [-0.25, -0.2) is 9.97 Å². The quantitative estimate of drug-likeness (QED) is 0.856. The van der Waals surface area contributed by atoms with Crippen LogP contribution in [0.4, 0.5) is 5.82 Å². The van der Waals surface area contributed by atoms with Crippen molar-refractivity contribution in [3.8, 4) is 0 Å². The second-order valence-corrected chi connectivity index (χ2v) is 5.81. The van der Waals surface area contributed by atoms with Crippen molar-refractivity contribution in [2.75, 3.05) is 25.1 Å². The van der Waals surface area contributed by atoms with Gasteiger partial charge in [0.1, 0.15) is 11.6 Å². The van der Waals surface area contributed by atoms with Crippen molar-refractivity contribution in [3.63, 3.8) is 0 Å². The molecule has 8 nitrogen and oxygen atoms in total. The molecule has 2 aromatic rings. The first-order valence-corrected chi connectivity index (χ1v) is 8.05. The Morgan fingerprint density at radius 1 is 1.50 bits per heavy atom. The highest BCUT2D eigenvalue weighted by Gasteiger charge is 2.36. The number of carbonyl (C=O) groups is 1. The third-order valence-electron chi connectivity index (χ3n) is 4.15. The zero-order chi connectivity index (χ0) is 17.1. The van der Waals surface area contributed by atoms with Crippen LogP contribution in [-0.4, -0.2) is 52.4 Å². The van der Waals surface area contributed by atoms with Crippen LogP contribution in [0, 0.1) is 6.92 Å². The molecule has 24 heavy (non-hydrogen) atoms. The number of methoxy groups -OCH3 is 1. The molecule has 128 valence electrons. The zero-order valence-corrected chi connectivity index (χ0v) is 14.1. The maximum absolute atomic E-state index is 11.9. The van der Waals surface area contributed by atoms with E-state index >= 15 is 0 Å². The fourth-order valence-corrected chi connectivity index (χ4v) is 2.93. The number of aromatic nitrogens is 4. The van der Waals surface area contributed by atoms with Gasteiger partial charge in [-0.3, -0.25) is 9.89 Å². The van der Waals surface area contributed by atoms with Crippen LogP contribution in [0.3, 0.4) is 0 Å². The summed E-state index contributed by atoms with van der Waals surface area (Å²) in [7, 11) is 1.71. The fraction of sp³-hybridized carbons (Fsp3) is 0.500. The van der Waals surface area contributed by atoms with E-state index in [0.29, 0.717) is 18.7 Å². The lowest BCUT2D eigenvalue weighted by Gasteiger charge is -2.23. The van der Waals surface area contributed by atoms with E-state index in [1.807, 2.05) is 19.9 Å². The number of hydrogen-bond acceptors (Lipinski definition) is 6. The summed E-state index contributed by atoms with van der Waals surface area (Å²) >= 11 is 0. The van der Waals surface area contributed by atoms with Crippen molar-refractivity contribution in [3.05, 3.63) is 35.5 Å². The van der Waals surface area contributed by atoms with E-state index in [0.717, 1.165) is 23.9 Å². The summed E-state index contributed by atoms with van der Waals surface area (Å²) < 4.78 is 5.52. The van der Waals surface area contributed by atoms with Gasteiger partial charge in [0.25, 0.3) is 5.91 Å². The van der Waals surface area contributed by atoms with E-state index in [-0.39, 0.29) is 18.1 Å². The van der Waals surface area contributed by atoms with Gasteiger partial charge in [-0.2, -0.15) is 5.10 Å². The van der Waals surface area contributed by atoms with Gasteiger partial charge < -0.3 is 15.0 Å². The molecular weight excluding hydrogens is 308 g/mol. The molecule has 0 spiro atoms. The average Bonchev–Trinajstić information content (AvgIpc) is 3.21. The molecule has 2 N–H and O–H groups in total. The van der Waals surface area contributed by atoms with Crippen LogP contribution in [0.1, 0.15) is 41.4 Å². The lowest BCUT2D eigenvalue weighted by molar-refractivity contribution is 0.0955. The number of ether oxygens (including phenoxy) is 1. The molecule has 3 rings (SSSR count). The van der Waals surface area contributed by atoms with Crippen molar-refractivity contribution in [1.29, 1.82) is 0 Å². The molecular formula is C16H22N6O2. The van der Waals surface area contributed by atoms with Crippen LogP contribution in [-0.2, 0) is 4.74 Å². The Hall–Kier alpha value is -2.48. The number of nitrogens with zero attached hydrogens (tertiary/aromatic N) is 4. The van der Waals surface area contributed by atoms with Gasteiger partial charge in [-0.1, -0.05) is 0 Å². The number of hydrogen-bond donors (Lipinski definition) is 2. The average molecular weight is 330 g/mol. The lowest BCUT2D eigenvalue weighted by Crippen LogP contribution is -2.27. The van der Waals surface area contributed by atoms with Crippen molar-refractivity contribution < 1.29 is 9.53 Å². The van der Waals surface area contributed by atoms with Gasteiger partial charge in [0, 0.05) is 32.8 Å².